The Labute approximate surface area is 170 Å². The minimum atomic E-state index is -0.705. The molecule has 3 N–H and O–H groups in total. The van der Waals surface area contributed by atoms with Gasteiger partial charge in [0, 0.05) is 22.5 Å². The number of aliphatic carboxylic acids is 1. The fourth-order valence-corrected chi connectivity index (χ4v) is 5.49. The van der Waals surface area contributed by atoms with Gasteiger partial charge in [-0.3, -0.25) is 4.79 Å². The number of phenolic OH excluding ortho intramolecular Hbond substituents is 2. The maximum Gasteiger partial charge on any atom is 0.303 e. The molecular formula is C23H28O4S. The third-order valence-electron chi connectivity index (χ3n) is 5.39. The van der Waals surface area contributed by atoms with Crippen LogP contribution >= 0.6 is 11.8 Å². The molecule has 3 rings (SSSR count). The van der Waals surface area contributed by atoms with Crippen LogP contribution in [0.5, 0.6) is 11.5 Å². The van der Waals surface area contributed by atoms with Crippen LogP contribution in [0.25, 0.3) is 0 Å². The van der Waals surface area contributed by atoms with E-state index in [0.717, 1.165) is 49.8 Å². The first kappa shape index (κ1) is 20.6. The van der Waals surface area contributed by atoms with Crippen LogP contribution in [0.1, 0.15) is 73.7 Å². The van der Waals surface area contributed by atoms with Gasteiger partial charge < -0.3 is 15.3 Å². The highest BCUT2D eigenvalue weighted by molar-refractivity contribution is 8.00. The number of carboxylic acids is 1. The van der Waals surface area contributed by atoms with E-state index in [2.05, 4.69) is 6.07 Å². The molecule has 0 saturated heterocycles. The fourth-order valence-electron chi connectivity index (χ4n) is 3.93. The number of carbonyl (C=O) groups is 1. The first-order valence-corrected chi connectivity index (χ1v) is 10.9. The second-order valence-electron chi connectivity index (χ2n) is 7.51. The van der Waals surface area contributed by atoms with Gasteiger partial charge in [0.15, 0.2) is 0 Å². The molecule has 1 aliphatic heterocycles. The standard InChI is InChI=1S/C23H28O4S/c24-17-11-9-16(10-12-17)23-20(19-14-13-18(25)15-21(19)28-23)7-5-3-1-2-4-6-8-22(26)27/h9-15,20,23-25H,1-8H2,(H,26,27). The topological polar surface area (TPSA) is 77.8 Å². The van der Waals surface area contributed by atoms with Gasteiger partial charge in [-0.25, -0.2) is 0 Å². The average Bonchev–Trinajstić information content (AvgIpc) is 3.01. The Bertz CT molecular complexity index is 788. The molecule has 2 aromatic carbocycles. The molecule has 0 spiro atoms. The zero-order valence-electron chi connectivity index (χ0n) is 16.0. The van der Waals surface area contributed by atoms with Gasteiger partial charge in [-0.2, -0.15) is 0 Å². The van der Waals surface area contributed by atoms with E-state index in [0.29, 0.717) is 16.9 Å². The zero-order chi connectivity index (χ0) is 19.9. The molecule has 0 saturated carbocycles. The normalized spacial score (nSPS) is 18.1. The Kier molecular flexibility index (Phi) is 7.26. The number of hydrogen-bond acceptors (Lipinski definition) is 4. The molecule has 1 heterocycles. The summed E-state index contributed by atoms with van der Waals surface area (Å²) in [5.74, 6) is 0.278. The van der Waals surface area contributed by atoms with Crippen molar-refractivity contribution in [2.24, 2.45) is 0 Å². The van der Waals surface area contributed by atoms with Crippen LogP contribution in [0.4, 0.5) is 0 Å². The van der Waals surface area contributed by atoms with Gasteiger partial charge in [-0.05, 0) is 48.2 Å². The minimum absolute atomic E-state index is 0.275. The number of aromatic hydroxyl groups is 2. The summed E-state index contributed by atoms with van der Waals surface area (Å²) in [6.07, 6.45) is 7.66. The minimum Gasteiger partial charge on any atom is -0.508 e. The summed E-state index contributed by atoms with van der Waals surface area (Å²) in [7, 11) is 0. The molecule has 0 aromatic heterocycles. The van der Waals surface area contributed by atoms with Crippen molar-refractivity contribution in [3.63, 3.8) is 0 Å². The molecule has 0 amide bonds. The predicted molar refractivity (Wildman–Crippen MR) is 112 cm³/mol. The molecule has 0 aliphatic carbocycles. The first-order valence-electron chi connectivity index (χ1n) is 10.0. The molecule has 2 unspecified atom stereocenters. The van der Waals surface area contributed by atoms with Gasteiger partial charge in [-0.1, -0.05) is 50.3 Å². The SMILES string of the molecule is O=C(O)CCCCCCCCC1c2ccc(O)cc2SC1c1ccc(O)cc1. The van der Waals surface area contributed by atoms with Crippen molar-refractivity contribution >= 4 is 17.7 Å². The monoisotopic (exact) mass is 400 g/mol. The summed E-state index contributed by atoms with van der Waals surface area (Å²) in [6, 6.07) is 13.1. The number of unbranched alkanes of at least 4 members (excludes halogenated alkanes) is 5. The molecule has 0 radical (unpaired) electrons. The quantitative estimate of drug-likeness (QED) is 0.412. The Hall–Kier alpha value is -2.14. The molecule has 2 aromatic rings. The van der Waals surface area contributed by atoms with Gasteiger partial charge in [0.05, 0.1) is 0 Å². The number of phenols is 2. The molecule has 0 bridgehead atoms. The zero-order valence-corrected chi connectivity index (χ0v) is 16.8. The van der Waals surface area contributed by atoms with Gasteiger partial charge in [-0.15, -0.1) is 11.8 Å². The molecular weight excluding hydrogens is 372 g/mol. The summed E-state index contributed by atoms with van der Waals surface area (Å²) < 4.78 is 0. The third kappa shape index (κ3) is 5.44. The lowest BCUT2D eigenvalue weighted by Gasteiger charge is -2.20. The number of rotatable bonds is 10. The van der Waals surface area contributed by atoms with Crippen molar-refractivity contribution in [3.05, 3.63) is 53.6 Å². The Morgan fingerprint density at radius 2 is 1.50 bits per heavy atom. The van der Waals surface area contributed by atoms with E-state index in [1.165, 1.54) is 11.1 Å². The van der Waals surface area contributed by atoms with E-state index < -0.39 is 5.97 Å². The van der Waals surface area contributed by atoms with Crippen LogP contribution in [0.15, 0.2) is 47.4 Å². The third-order valence-corrected chi connectivity index (χ3v) is 6.86. The van der Waals surface area contributed by atoms with Crippen molar-refractivity contribution in [1.29, 1.82) is 0 Å². The summed E-state index contributed by atoms with van der Waals surface area (Å²) in [6.45, 7) is 0. The fraction of sp³-hybridized carbons (Fsp3) is 0.435. The van der Waals surface area contributed by atoms with Crippen LogP contribution in [-0.2, 0) is 4.79 Å². The van der Waals surface area contributed by atoms with Crippen molar-refractivity contribution in [3.8, 4) is 11.5 Å². The summed E-state index contributed by atoms with van der Waals surface area (Å²) in [4.78, 5) is 11.7. The van der Waals surface area contributed by atoms with Crippen LogP contribution in [0.3, 0.4) is 0 Å². The molecule has 5 heteroatoms. The Morgan fingerprint density at radius 3 is 2.21 bits per heavy atom. The molecule has 0 fully saturated rings. The highest BCUT2D eigenvalue weighted by Crippen LogP contribution is 2.56. The Balaban J connectivity index is 1.56. The van der Waals surface area contributed by atoms with E-state index in [4.69, 9.17) is 5.11 Å². The van der Waals surface area contributed by atoms with Gasteiger partial charge in [0.2, 0.25) is 0 Å². The summed E-state index contributed by atoms with van der Waals surface area (Å²) >= 11 is 1.80. The lowest BCUT2D eigenvalue weighted by atomic mass is 9.87. The van der Waals surface area contributed by atoms with Crippen LogP contribution in [-0.4, -0.2) is 21.3 Å². The molecule has 4 nitrogen and oxygen atoms in total. The lowest BCUT2D eigenvalue weighted by Crippen LogP contribution is -2.03. The van der Waals surface area contributed by atoms with Gasteiger partial charge in [0.1, 0.15) is 11.5 Å². The first-order chi connectivity index (χ1) is 13.5. The number of benzene rings is 2. The molecule has 2 atom stereocenters. The Morgan fingerprint density at radius 1 is 0.857 bits per heavy atom. The van der Waals surface area contributed by atoms with E-state index in [1.54, 1.807) is 30.0 Å². The van der Waals surface area contributed by atoms with Crippen LogP contribution in [0.2, 0.25) is 0 Å². The number of hydrogen-bond donors (Lipinski definition) is 3. The number of fused-ring (bicyclic) bond motifs is 1. The molecule has 1 aliphatic rings. The smallest absolute Gasteiger partial charge is 0.303 e. The lowest BCUT2D eigenvalue weighted by molar-refractivity contribution is -0.137. The number of thioether (sulfide) groups is 1. The van der Waals surface area contributed by atoms with E-state index in [-0.39, 0.29) is 12.2 Å². The van der Waals surface area contributed by atoms with Gasteiger partial charge >= 0.3 is 5.97 Å². The predicted octanol–water partition coefficient (Wildman–Crippen LogP) is 6.23. The summed E-state index contributed by atoms with van der Waals surface area (Å²) in [5, 5.41) is 28.4. The van der Waals surface area contributed by atoms with Crippen molar-refractivity contribution in [2.45, 2.75) is 67.4 Å². The largest absolute Gasteiger partial charge is 0.508 e. The second-order valence-corrected chi connectivity index (χ2v) is 8.70. The van der Waals surface area contributed by atoms with Crippen LogP contribution < -0.4 is 0 Å². The maximum absolute atomic E-state index is 10.5. The van der Waals surface area contributed by atoms with E-state index >= 15 is 0 Å². The van der Waals surface area contributed by atoms with Crippen molar-refractivity contribution < 1.29 is 20.1 Å². The molecule has 150 valence electrons. The maximum atomic E-state index is 10.5. The van der Waals surface area contributed by atoms with E-state index in [9.17, 15) is 15.0 Å². The second kappa shape index (κ2) is 9.87. The van der Waals surface area contributed by atoms with Crippen molar-refractivity contribution in [2.75, 3.05) is 0 Å². The number of carboxylic acid groups (broad SMARTS) is 1. The summed E-state index contributed by atoms with van der Waals surface area (Å²) in [5.41, 5.74) is 2.51. The van der Waals surface area contributed by atoms with Crippen LogP contribution in [0, 0.1) is 0 Å². The highest BCUT2D eigenvalue weighted by Gasteiger charge is 2.34. The molecule has 28 heavy (non-hydrogen) atoms. The van der Waals surface area contributed by atoms with Crippen molar-refractivity contribution in [1.82, 2.24) is 0 Å². The highest BCUT2D eigenvalue weighted by atomic mass is 32.2. The van der Waals surface area contributed by atoms with Gasteiger partial charge in [0.25, 0.3) is 0 Å². The average molecular weight is 401 g/mol. The van der Waals surface area contributed by atoms with E-state index in [1.807, 2.05) is 18.2 Å².